The van der Waals surface area contributed by atoms with Crippen molar-refractivity contribution in [2.45, 2.75) is 35.8 Å². The average molecular weight is 714 g/mol. The lowest BCUT2D eigenvalue weighted by Crippen LogP contribution is -2.71. The second kappa shape index (κ2) is 14.1. The maximum atomic E-state index is 15.7. The van der Waals surface area contributed by atoms with Gasteiger partial charge in [0.05, 0.1) is 11.1 Å². The van der Waals surface area contributed by atoms with Gasteiger partial charge in [-0.3, -0.25) is 14.5 Å². The molecule has 5 N–H and O–H groups in total. The number of β-lactam (4-membered cyclic amide) rings is 1. The number of rotatable bonds is 11. The first-order chi connectivity index (χ1) is 23.1. The van der Waals surface area contributed by atoms with Crippen LogP contribution in [0.15, 0.2) is 63.8 Å². The molecule has 3 atom stereocenters. The Morgan fingerprint density at radius 2 is 2.23 bits per heavy atom. The van der Waals surface area contributed by atoms with Gasteiger partial charge in [0, 0.05) is 59.6 Å². The van der Waals surface area contributed by atoms with Crippen LogP contribution in [0.1, 0.15) is 12.6 Å². The fourth-order valence-corrected chi connectivity index (χ4v) is 9.09. The molecule has 2 saturated heterocycles. The maximum absolute atomic E-state index is 15.7. The third-order valence-electron chi connectivity index (χ3n) is 8.28. The number of carboxylic acid groups (broad SMARTS) is 1. The fraction of sp³-hybridized carbons (Fsp3) is 0.355. The van der Waals surface area contributed by atoms with Gasteiger partial charge in [-0.15, -0.1) is 34.9 Å². The van der Waals surface area contributed by atoms with Gasteiger partial charge in [-0.1, -0.05) is 11.7 Å². The second-order valence-electron chi connectivity index (χ2n) is 11.3. The molecule has 13 nitrogen and oxygen atoms in total. The molecule has 3 aliphatic heterocycles. The van der Waals surface area contributed by atoms with E-state index in [1.54, 1.807) is 17.5 Å². The number of piperazine rings is 1. The number of nitrogens with two attached hydrogens (primary N) is 1. The van der Waals surface area contributed by atoms with Crippen molar-refractivity contribution in [3.05, 3.63) is 65.2 Å². The van der Waals surface area contributed by atoms with E-state index in [4.69, 9.17) is 10.6 Å². The van der Waals surface area contributed by atoms with Gasteiger partial charge in [0.25, 0.3) is 11.8 Å². The summed E-state index contributed by atoms with van der Waals surface area (Å²) in [6.07, 6.45) is 3.70. The Balaban J connectivity index is 1.23. The molecule has 0 saturated carbocycles. The Morgan fingerprint density at radius 3 is 2.92 bits per heavy atom. The number of hydrogen-bond donors (Lipinski definition) is 4. The number of aliphatic carboxylic acids is 1. The normalized spacial score (nSPS) is 21.2. The summed E-state index contributed by atoms with van der Waals surface area (Å²) >= 11 is 3.86. The highest BCUT2D eigenvalue weighted by Crippen LogP contribution is 2.42. The molecule has 17 heteroatoms. The summed E-state index contributed by atoms with van der Waals surface area (Å²) in [5.74, 6) is -2.24. The minimum absolute atomic E-state index is 0.108. The first-order valence-electron chi connectivity index (χ1n) is 15.0. The summed E-state index contributed by atoms with van der Waals surface area (Å²) in [5.41, 5.74) is 7.55. The molecule has 6 rings (SSSR count). The molecule has 2 amide bonds. The molecule has 2 aromatic heterocycles. The molecule has 0 spiro atoms. The fourth-order valence-electron chi connectivity index (χ4n) is 6.02. The minimum Gasteiger partial charge on any atom is -0.477 e. The lowest BCUT2D eigenvalue weighted by molar-refractivity contribution is -0.661. The van der Waals surface area contributed by atoms with Crippen LogP contribution in [-0.4, -0.2) is 94.2 Å². The Kier molecular flexibility index (Phi) is 9.91. The van der Waals surface area contributed by atoms with Crippen LogP contribution in [0.4, 0.5) is 15.2 Å². The van der Waals surface area contributed by atoms with Gasteiger partial charge in [0.2, 0.25) is 5.52 Å². The number of thioether (sulfide) groups is 2. The van der Waals surface area contributed by atoms with E-state index in [1.807, 2.05) is 22.9 Å². The predicted molar refractivity (Wildman–Crippen MR) is 184 cm³/mol. The number of halogens is 1. The number of carbonyl (C=O) groups is 3. The Hall–Kier alpha value is -4.19. The first kappa shape index (κ1) is 33.7. The SMILES string of the molecule is C=CC[n+]1ccc(SCC2=C(C(=O)O)N3C(=O)C(NC(=O)C(=NOC)c4csc(N)n4)[C@@H]3SC2)c2cc(F)c(N3CCNCC3C)cc21. The molecule has 1 aromatic carbocycles. The molecule has 3 aromatic rings. The number of anilines is 2. The van der Waals surface area contributed by atoms with Gasteiger partial charge in [-0.05, 0) is 24.6 Å². The van der Waals surface area contributed by atoms with Crippen LogP contribution >= 0.6 is 34.9 Å². The number of nitrogen functional groups attached to an aromatic ring is 1. The zero-order chi connectivity index (χ0) is 34.1. The largest absolute Gasteiger partial charge is 0.477 e. The quantitative estimate of drug-likeness (QED) is 0.0575. The van der Waals surface area contributed by atoms with Crippen LogP contribution in [0.5, 0.6) is 0 Å². The molecule has 0 aliphatic carbocycles. The molecule has 2 fully saturated rings. The summed E-state index contributed by atoms with van der Waals surface area (Å²) < 4.78 is 17.7. The van der Waals surface area contributed by atoms with E-state index in [9.17, 15) is 19.5 Å². The molecular formula is C31H34FN8O5S3+. The van der Waals surface area contributed by atoms with Crippen molar-refractivity contribution in [3.8, 4) is 0 Å². The Bertz CT molecular complexity index is 1870. The smallest absolute Gasteiger partial charge is 0.352 e. The highest BCUT2D eigenvalue weighted by molar-refractivity contribution is 8.01. The van der Waals surface area contributed by atoms with Gasteiger partial charge in [-0.2, -0.15) is 4.57 Å². The number of nitrogens with one attached hydrogen (secondary N) is 2. The Labute approximate surface area is 288 Å². The third kappa shape index (κ3) is 6.34. The number of pyridine rings is 1. The number of allylic oxidation sites excluding steroid dienone is 1. The number of carbonyl (C=O) groups excluding carboxylic acids is 2. The van der Waals surface area contributed by atoms with Gasteiger partial charge < -0.3 is 31.2 Å². The number of nitrogens with zero attached hydrogens (tertiary/aromatic N) is 5. The monoisotopic (exact) mass is 713 g/mol. The van der Waals surface area contributed by atoms with E-state index in [1.165, 1.54) is 35.5 Å². The van der Waals surface area contributed by atoms with E-state index >= 15 is 4.39 Å². The number of thiazole rings is 1. The topological polar surface area (TPSA) is 166 Å². The number of carboxylic acids is 1. The summed E-state index contributed by atoms with van der Waals surface area (Å²) in [4.78, 5) is 51.9. The van der Waals surface area contributed by atoms with Gasteiger partial charge in [-0.25, -0.2) is 14.2 Å². The average Bonchev–Trinajstić information content (AvgIpc) is 3.50. The predicted octanol–water partition coefficient (Wildman–Crippen LogP) is 2.17. The van der Waals surface area contributed by atoms with Gasteiger partial charge >= 0.3 is 5.97 Å². The number of fused-ring (bicyclic) bond motifs is 2. The van der Waals surface area contributed by atoms with Crippen LogP contribution in [0.2, 0.25) is 0 Å². The lowest BCUT2D eigenvalue weighted by atomic mass is 10.0. The van der Waals surface area contributed by atoms with Crippen molar-refractivity contribution >= 4 is 80.1 Å². The van der Waals surface area contributed by atoms with E-state index in [2.05, 4.69) is 39.2 Å². The summed E-state index contributed by atoms with van der Waals surface area (Å²) in [7, 11) is 1.28. The van der Waals surface area contributed by atoms with E-state index in [-0.39, 0.29) is 39.8 Å². The molecule has 5 heterocycles. The van der Waals surface area contributed by atoms with Crippen LogP contribution in [0.25, 0.3) is 10.9 Å². The third-order valence-corrected chi connectivity index (χ3v) is 11.5. The lowest BCUT2D eigenvalue weighted by Gasteiger charge is -2.49. The molecule has 3 aliphatic rings. The molecule has 252 valence electrons. The van der Waals surface area contributed by atoms with Crippen LogP contribution in [0, 0.1) is 5.82 Å². The molecule has 48 heavy (non-hydrogen) atoms. The minimum atomic E-state index is -1.24. The molecule has 0 bridgehead atoms. The summed E-state index contributed by atoms with van der Waals surface area (Å²) in [6, 6.07) is 4.46. The van der Waals surface area contributed by atoms with Crippen molar-refractivity contribution < 1.29 is 33.3 Å². The number of amides is 2. The summed E-state index contributed by atoms with van der Waals surface area (Å²) in [5, 5.41) is 21.8. The van der Waals surface area contributed by atoms with Crippen LogP contribution in [0.3, 0.4) is 0 Å². The van der Waals surface area contributed by atoms with Crippen molar-refractivity contribution in [2.24, 2.45) is 5.16 Å². The Morgan fingerprint density at radius 1 is 1.42 bits per heavy atom. The maximum Gasteiger partial charge on any atom is 0.352 e. The highest BCUT2D eigenvalue weighted by atomic mass is 32.2. The van der Waals surface area contributed by atoms with E-state index in [0.717, 1.165) is 34.8 Å². The van der Waals surface area contributed by atoms with Gasteiger partial charge in [0.15, 0.2) is 23.6 Å². The number of hydrogen-bond acceptors (Lipinski definition) is 12. The van der Waals surface area contributed by atoms with Crippen molar-refractivity contribution in [1.82, 2.24) is 20.5 Å². The van der Waals surface area contributed by atoms with Gasteiger partial charge in [0.1, 0.15) is 35.7 Å². The zero-order valence-electron chi connectivity index (χ0n) is 26.1. The van der Waals surface area contributed by atoms with Crippen LogP contribution < -0.4 is 25.8 Å². The van der Waals surface area contributed by atoms with Crippen molar-refractivity contribution in [1.29, 1.82) is 0 Å². The number of oxime groups is 1. The van der Waals surface area contributed by atoms with Crippen LogP contribution in [-0.2, 0) is 25.8 Å². The van der Waals surface area contributed by atoms with Crippen molar-refractivity contribution in [2.75, 3.05) is 48.9 Å². The molecule has 0 radical (unpaired) electrons. The first-order valence-corrected chi connectivity index (χ1v) is 17.9. The van der Waals surface area contributed by atoms with Crippen molar-refractivity contribution in [3.63, 3.8) is 0 Å². The summed E-state index contributed by atoms with van der Waals surface area (Å²) in [6.45, 7) is 8.68. The molecule has 2 unspecified atom stereocenters. The van der Waals surface area contributed by atoms with E-state index in [0.29, 0.717) is 35.5 Å². The molecular weight excluding hydrogens is 680 g/mol. The number of benzene rings is 1. The standard InChI is InChI=1S/C31H33FN8O5S3/c1-4-7-38-8-5-23(18-10-19(32)22(11-21(18)38)39-9-6-34-12-16(39)2)46-13-17-14-47-29-25(28(42)40(29)26(17)30(43)44)36-27(41)24(37-45-3)20-15-48-31(33)35-20/h4-5,8,10-11,15-16,25,29,34H,1,6-7,9,12-14H2,2-3H3,(H3-,33,35,36,41,43,44)/p+1/t16?,25?,29-/m0/s1. The number of aromatic nitrogens is 2. The van der Waals surface area contributed by atoms with E-state index < -0.39 is 29.2 Å². The second-order valence-corrected chi connectivity index (χ2v) is 14.3. The highest BCUT2D eigenvalue weighted by Gasteiger charge is 2.54. The zero-order valence-corrected chi connectivity index (χ0v) is 28.6.